The van der Waals surface area contributed by atoms with Crippen LogP contribution in [0.5, 0.6) is 0 Å². The van der Waals surface area contributed by atoms with Gasteiger partial charge in [0.2, 0.25) is 0 Å². The Morgan fingerprint density at radius 2 is 1.21 bits per heavy atom. The molecule has 0 atom stereocenters. The summed E-state index contributed by atoms with van der Waals surface area (Å²) in [5.74, 6) is -0.362. The van der Waals surface area contributed by atoms with Crippen LogP contribution in [0.15, 0.2) is 0 Å². The Balaban J connectivity index is 0.000000212. The normalized spacial score (nSPS) is 24.3. The highest BCUT2D eigenvalue weighted by Gasteiger charge is 2.48. The van der Waals surface area contributed by atoms with E-state index in [1.807, 2.05) is 20.8 Å². The van der Waals surface area contributed by atoms with E-state index in [2.05, 4.69) is 0 Å². The number of ketones is 1. The Hall–Kier alpha value is -1.47. The summed E-state index contributed by atoms with van der Waals surface area (Å²) in [6.07, 6.45) is 5.49. The van der Waals surface area contributed by atoms with E-state index in [4.69, 9.17) is 18.9 Å². The molecule has 1 saturated heterocycles. The van der Waals surface area contributed by atoms with E-state index >= 15 is 0 Å². The largest absolute Gasteiger partial charge is 0.466 e. The fraction of sp³-hybridized carbons (Fsp3) is 0.864. The van der Waals surface area contributed by atoms with E-state index in [0.717, 1.165) is 25.7 Å². The summed E-state index contributed by atoms with van der Waals surface area (Å²) < 4.78 is 21.4. The molecular weight excluding hydrogens is 376 g/mol. The highest BCUT2D eigenvalue weighted by atomic mass is 16.7. The number of esters is 2. The van der Waals surface area contributed by atoms with Crippen LogP contribution in [0.3, 0.4) is 0 Å². The summed E-state index contributed by atoms with van der Waals surface area (Å²) in [4.78, 5) is 34.3. The summed E-state index contributed by atoms with van der Waals surface area (Å²) in [7, 11) is 0. The van der Waals surface area contributed by atoms with Crippen molar-refractivity contribution in [2.24, 2.45) is 10.8 Å². The molecular formula is C22H36O7. The first kappa shape index (κ1) is 23.8. The Morgan fingerprint density at radius 3 is 1.62 bits per heavy atom. The number of ether oxygens (including phenoxy) is 4. The second-order valence-corrected chi connectivity index (χ2v) is 8.71. The molecule has 0 bridgehead atoms. The lowest BCUT2D eigenvalue weighted by Crippen LogP contribution is -2.42. The molecule has 0 aromatic heterocycles. The van der Waals surface area contributed by atoms with Crippen molar-refractivity contribution in [3.05, 3.63) is 0 Å². The average Bonchev–Trinajstić information content (AvgIpc) is 3.16. The number of carbonyl (C=O) groups is 3. The first-order chi connectivity index (χ1) is 13.7. The molecule has 29 heavy (non-hydrogen) atoms. The van der Waals surface area contributed by atoms with Crippen LogP contribution in [0.2, 0.25) is 0 Å². The van der Waals surface area contributed by atoms with Crippen LogP contribution in [0.1, 0.15) is 79.1 Å². The highest BCUT2D eigenvalue weighted by Crippen LogP contribution is 2.45. The van der Waals surface area contributed by atoms with Crippen molar-refractivity contribution < 1.29 is 33.3 Å². The van der Waals surface area contributed by atoms with Gasteiger partial charge in [0.05, 0.1) is 37.3 Å². The lowest BCUT2D eigenvalue weighted by atomic mass is 9.73. The van der Waals surface area contributed by atoms with Crippen molar-refractivity contribution in [2.45, 2.75) is 84.8 Å². The molecule has 1 aliphatic heterocycles. The zero-order valence-electron chi connectivity index (χ0n) is 18.3. The number of carbonyl (C=O) groups excluding carboxylic acids is 3. The molecule has 7 heteroatoms. The second-order valence-electron chi connectivity index (χ2n) is 8.71. The van der Waals surface area contributed by atoms with Gasteiger partial charge in [0.1, 0.15) is 5.78 Å². The third-order valence-electron chi connectivity index (χ3n) is 6.38. The van der Waals surface area contributed by atoms with E-state index in [0.29, 0.717) is 52.1 Å². The fourth-order valence-corrected chi connectivity index (χ4v) is 4.07. The van der Waals surface area contributed by atoms with Gasteiger partial charge in [0.15, 0.2) is 5.79 Å². The van der Waals surface area contributed by atoms with Crippen molar-refractivity contribution in [2.75, 3.05) is 26.4 Å². The van der Waals surface area contributed by atoms with Gasteiger partial charge < -0.3 is 18.9 Å². The summed E-state index contributed by atoms with van der Waals surface area (Å²) in [5, 5.41) is 0. The maximum atomic E-state index is 11.8. The van der Waals surface area contributed by atoms with Crippen LogP contribution in [-0.2, 0) is 33.3 Å². The van der Waals surface area contributed by atoms with E-state index in [-0.39, 0.29) is 23.1 Å². The van der Waals surface area contributed by atoms with E-state index in [1.54, 1.807) is 6.92 Å². The van der Waals surface area contributed by atoms with Crippen LogP contribution >= 0.6 is 0 Å². The van der Waals surface area contributed by atoms with Crippen molar-refractivity contribution >= 4 is 17.7 Å². The van der Waals surface area contributed by atoms with Crippen molar-refractivity contribution in [3.8, 4) is 0 Å². The number of Topliss-reactive ketones (excluding diaryl/α,β-unsaturated/α-hetero) is 1. The molecule has 3 rings (SSSR count). The maximum absolute atomic E-state index is 11.8. The molecule has 0 amide bonds. The van der Waals surface area contributed by atoms with Crippen LogP contribution in [0.25, 0.3) is 0 Å². The predicted octanol–water partition coefficient (Wildman–Crippen LogP) is 3.57. The molecule has 3 fully saturated rings. The minimum Gasteiger partial charge on any atom is -0.466 e. The molecule has 1 spiro atoms. The zero-order valence-corrected chi connectivity index (χ0v) is 18.3. The number of rotatable bonds is 4. The first-order valence-corrected chi connectivity index (χ1v) is 10.8. The van der Waals surface area contributed by atoms with Crippen LogP contribution in [0.4, 0.5) is 0 Å². The molecule has 0 unspecified atom stereocenters. The summed E-state index contributed by atoms with van der Waals surface area (Å²) >= 11 is 0. The SMILES string of the molecule is CCOC(=O)C1(C)CCC(=O)CC1.CCOC(=O)C1(C)CCC2(CC1)OCCO2. The first-order valence-electron chi connectivity index (χ1n) is 10.8. The molecule has 0 N–H and O–H groups in total. The Morgan fingerprint density at radius 1 is 0.793 bits per heavy atom. The minimum atomic E-state index is -0.413. The van der Waals surface area contributed by atoms with E-state index in [9.17, 15) is 14.4 Å². The minimum absolute atomic E-state index is 0.0807. The molecule has 0 aromatic rings. The topological polar surface area (TPSA) is 88.1 Å². The van der Waals surface area contributed by atoms with Crippen LogP contribution < -0.4 is 0 Å². The fourth-order valence-electron chi connectivity index (χ4n) is 4.07. The number of hydrogen-bond donors (Lipinski definition) is 0. The molecule has 166 valence electrons. The molecule has 7 nitrogen and oxygen atoms in total. The van der Waals surface area contributed by atoms with Crippen LogP contribution in [0, 0.1) is 10.8 Å². The van der Waals surface area contributed by atoms with Gasteiger partial charge in [-0.3, -0.25) is 14.4 Å². The van der Waals surface area contributed by atoms with Crippen molar-refractivity contribution in [3.63, 3.8) is 0 Å². The smallest absolute Gasteiger partial charge is 0.311 e. The third-order valence-corrected chi connectivity index (χ3v) is 6.38. The van der Waals surface area contributed by atoms with Crippen molar-refractivity contribution in [1.29, 1.82) is 0 Å². The van der Waals surface area contributed by atoms with Gasteiger partial charge in [-0.2, -0.15) is 0 Å². The van der Waals surface area contributed by atoms with Gasteiger partial charge in [-0.25, -0.2) is 0 Å². The molecule has 1 heterocycles. The Labute approximate surface area is 173 Å². The summed E-state index contributed by atoms with van der Waals surface area (Å²) in [6, 6.07) is 0. The highest BCUT2D eigenvalue weighted by molar-refractivity contribution is 5.84. The quantitative estimate of drug-likeness (QED) is 0.652. The number of hydrogen-bond acceptors (Lipinski definition) is 7. The monoisotopic (exact) mass is 412 g/mol. The standard InChI is InChI=1S/C12H20O4.C10H16O3/c1-3-14-10(13)11(2)4-6-12(7-5-11)15-8-9-16-12;1-3-13-9(12)10(2)6-4-8(11)5-7-10/h3-9H2,1-2H3;3-7H2,1-2H3. The van der Waals surface area contributed by atoms with Gasteiger partial charge in [-0.05, 0) is 53.4 Å². The molecule has 0 aromatic carbocycles. The lowest BCUT2D eigenvalue weighted by molar-refractivity contribution is -0.197. The molecule has 0 radical (unpaired) electrons. The van der Waals surface area contributed by atoms with Gasteiger partial charge in [-0.1, -0.05) is 0 Å². The third kappa shape index (κ3) is 6.01. The van der Waals surface area contributed by atoms with Gasteiger partial charge >= 0.3 is 11.9 Å². The molecule has 2 saturated carbocycles. The van der Waals surface area contributed by atoms with Gasteiger partial charge in [-0.15, -0.1) is 0 Å². The Bertz CT molecular complexity index is 572. The maximum Gasteiger partial charge on any atom is 0.311 e. The Kier molecular flexibility index (Phi) is 8.23. The second kappa shape index (κ2) is 10.0. The summed E-state index contributed by atoms with van der Waals surface area (Å²) in [5.41, 5.74) is -0.763. The predicted molar refractivity (Wildman–Crippen MR) is 106 cm³/mol. The van der Waals surface area contributed by atoms with E-state index < -0.39 is 11.2 Å². The summed E-state index contributed by atoms with van der Waals surface area (Å²) in [6.45, 7) is 9.73. The average molecular weight is 413 g/mol. The van der Waals surface area contributed by atoms with Crippen molar-refractivity contribution in [1.82, 2.24) is 0 Å². The molecule has 3 aliphatic rings. The van der Waals surface area contributed by atoms with Gasteiger partial charge in [0, 0.05) is 25.7 Å². The van der Waals surface area contributed by atoms with E-state index in [1.165, 1.54) is 0 Å². The molecule has 2 aliphatic carbocycles. The zero-order chi connectivity index (χ0) is 21.5. The van der Waals surface area contributed by atoms with Crippen LogP contribution in [-0.4, -0.2) is 49.9 Å². The van der Waals surface area contributed by atoms with Gasteiger partial charge in [0.25, 0.3) is 0 Å². The lowest BCUT2D eigenvalue weighted by Gasteiger charge is -2.39.